The lowest BCUT2D eigenvalue weighted by atomic mass is 9.91. The van der Waals surface area contributed by atoms with E-state index in [1.165, 1.54) is 6.08 Å². The molecule has 1 atom stereocenters. The first-order chi connectivity index (χ1) is 16.6. The van der Waals surface area contributed by atoms with Crippen molar-refractivity contribution >= 4 is 28.8 Å². The molecule has 1 aromatic heterocycles. The average Bonchev–Trinajstić information content (AvgIpc) is 3.31. The van der Waals surface area contributed by atoms with Crippen molar-refractivity contribution in [2.45, 2.75) is 5.92 Å². The second-order valence-corrected chi connectivity index (χ2v) is 7.88. The maximum Gasteiger partial charge on any atom is 0.244 e. The summed E-state index contributed by atoms with van der Waals surface area (Å²) in [6.07, 6.45) is 5.13. The number of amides is 2. The van der Waals surface area contributed by atoms with E-state index in [9.17, 15) is 9.59 Å². The summed E-state index contributed by atoms with van der Waals surface area (Å²) >= 11 is 0. The van der Waals surface area contributed by atoms with E-state index in [-0.39, 0.29) is 24.3 Å². The average molecular weight is 454 g/mol. The van der Waals surface area contributed by atoms with Crippen LogP contribution < -0.4 is 15.4 Å². The molecule has 0 spiro atoms. The fraction of sp³-hybridized carbons (Fsp3) is 0.143. The van der Waals surface area contributed by atoms with Crippen molar-refractivity contribution in [1.82, 2.24) is 15.6 Å². The third-order valence-corrected chi connectivity index (χ3v) is 5.67. The first kappa shape index (κ1) is 22.9. The second kappa shape index (κ2) is 11.0. The Morgan fingerprint density at radius 3 is 2.44 bits per heavy atom. The molecule has 4 aromatic rings. The number of hydrogen-bond donors (Lipinski definition) is 3. The summed E-state index contributed by atoms with van der Waals surface area (Å²) in [5.74, 6) is 0.138. The number of carbonyl (C=O) groups excluding carboxylic acids is 2. The highest BCUT2D eigenvalue weighted by Crippen LogP contribution is 2.31. The van der Waals surface area contributed by atoms with Crippen molar-refractivity contribution in [2.24, 2.45) is 0 Å². The van der Waals surface area contributed by atoms with Gasteiger partial charge in [-0.25, -0.2) is 0 Å². The number of nitrogens with one attached hydrogen (secondary N) is 3. The molecule has 0 saturated heterocycles. The van der Waals surface area contributed by atoms with E-state index in [2.05, 4.69) is 21.7 Å². The fourth-order valence-corrected chi connectivity index (χ4v) is 3.87. The Labute approximate surface area is 198 Å². The number of aromatic nitrogens is 1. The van der Waals surface area contributed by atoms with Gasteiger partial charge in [0.2, 0.25) is 11.8 Å². The standard InChI is InChI=1S/C28H27N3O3/c1-34-22-14-12-21(13-15-22)24(25-18-29-26-10-6-5-9-23(25)26)17-30-28(33)19-31-27(32)16-11-20-7-3-2-4-8-20/h2-16,18,24,29H,17,19H2,1H3,(H,30,33)(H,31,32)/b16-11+. The minimum Gasteiger partial charge on any atom is -0.497 e. The molecule has 1 heterocycles. The zero-order chi connectivity index (χ0) is 23.8. The van der Waals surface area contributed by atoms with Gasteiger partial charge < -0.3 is 20.4 Å². The molecule has 6 heteroatoms. The number of H-pyrrole nitrogens is 1. The summed E-state index contributed by atoms with van der Waals surface area (Å²) in [6, 6.07) is 25.5. The molecular weight excluding hydrogens is 426 g/mol. The van der Waals surface area contributed by atoms with Gasteiger partial charge >= 0.3 is 0 Å². The monoisotopic (exact) mass is 453 g/mol. The molecule has 0 fully saturated rings. The number of fused-ring (bicyclic) bond motifs is 1. The van der Waals surface area contributed by atoms with Gasteiger partial charge in [-0.15, -0.1) is 0 Å². The van der Waals surface area contributed by atoms with Crippen LogP contribution in [0.4, 0.5) is 0 Å². The topological polar surface area (TPSA) is 83.2 Å². The van der Waals surface area contributed by atoms with Gasteiger partial charge in [-0.2, -0.15) is 0 Å². The van der Waals surface area contributed by atoms with Crippen LogP contribution in [0.2, 0.25) is 0 Å². The van der Waals surface area contributed by atoms with Crippen LogP contribution in [0.15, 0.2) is 91.1 Å². The van der Waals surface area contributed by atoms with Gasteiger partial charge in [0.25, 0.3) is 0 Å². The minimum atomic E-state index is -0.317. The Kier molecular flexibility index (Phi) is 7.40. The Morgan fingerprint density at radius 1 is 0.941 bits per heavy atom. The molecular formula is C28H27N3O3. The molecule has 4 rings (SSSR count). The molecule has 0 bridgehead atoms. The fourth-order valence-electron chi connectivity index (χ4n) is 3.87. The molecule has 3 aromatic carbocycles. The summed E-state index contributed by atoms with van der Waals surface area (Å²) in [6.45, 7) is 0.296. The summed E-state index contributed by atoms with van der Waals surface area (Å²) in [5.41, 5.74) is 4.11. The Balaban J connectivity index is 1.41. The molecule has 172 valence electrons. The first-order valence-electron chi connectivity index (χ1n) is 11.1. The summed E-state index contributed by atoms with van der Waals surface area (Å²) in [5, 5.41) is 6.71. The third kappa shape index (κ3) is 5.72. The number of ether oxygens (including phenoxy) is 1. The number of para-hydroxylation sites is 1. The van der Waals surface area contributed by atoms with Crippen LogP contribution in [0, 0.1) is 0 Å². The SMILES string of the molecule is COc1ccc(C(CNC(=O)CNC(=O)/C=C/c2ccccc2)c2c[nH]c3ccccc23)cc1. The predicted octanol–water partition coefficient (Wildman–Crippen LogP) is 4.25. The number of carbonyl (C=O) groups is 2. The smallest absolute Gasteiger partial charge is 0.244 e. The highest BCUT2D eigenvalue weighted by atomic mass is 16.5. The van der Waals surface area contributed by atoms with Crippen LogP contribution in [0.1, 0.15) is 22.6 Å². The van der Waals surface area contributed by atoms with Crippen molar-refractivity contribution in [2.75, 3.05) is 20.2 Å². The van der Waals surface area contributed by atoms with Gasteiger partial charge in [-0.1, -0.05) is 60.7 Å². The number of rotatable bonds is 9. The summed E-state index contributed by atoms with van der Waals surface area (Å²) in [4.78, 5) is 27.9. The van der Waals surface area contributed by atoms with E-state index >= 15 is 0 Å². The van der Waals surface area contributed by atoms with Crippen molar-refractivity contribution in [3.63, 3.8) is 0 Å². The van der Waals surface area contributed by atoms with Crippen LogP contribution in [0.25, 0.3) is 17.0 Å². The van der Waals surface area contributed by atoms with Gasteiger partial charge in [-0.05, 0) is 41.0 Å². The van der Waals surface area contributed by atoms with Crippen LogP contribution in [0.5, 0.6) is 5.75 Å². The van der Waals surface area contributed by atoms with Gasteiger partial charge in [0, 0.05) is 35.6 Å². The zero-order valence-corrected chi connectivity index (χ0v) is 19.0. The van der Waals surface area contributed by atoms with Gasteiger partial charge in [0.15, 0.2) is 0 Å². The normalized spacial score (nSPS) is 11.9. The van der Waals surface area contributed by atoms with E-state index in [0.717, 1.165) is 33.3 Å². The Bertz CT molecular complexity index is 1280. The van der Waals surface area contributed by atoms with Gasteiger partial charge in [0.05, 0.1) is 13.7 Å². The zero-order valence-electron chi connectivity index (χ0n) is 19.0. The lowest BCUT2D eigenvalue weighted by Crippen LogP contribution is -2.38. The largest absolute Gasteiger partial charge is 0.497 e. The van der Waals surface area contributed by atoms with Gasteiger partial charge in [-0.3, -0.25) is 9.59 Å². The second-order valence-electron chi connectivity index (χ2n) is 7.88. The molecule has 1 unspecified atom stereocenters. The maximum atomic E-state index is 12.5. The molecule has 0 radical (unpaired) electrons. The van der Waals surface area contributed by atoms with Crippen LogP contribution in [0.3, 0.4) is 0 Å². The third-order valence-electron chi connectivity index (χ3n) is 5.67. The molecule has 3 N–H and O–H groups in total. The van der Waals surface area contributed by atoms with Crippen molar-refractivity contribution < 1.29 is 14.3 Å². The van der Waals surface area contributed by atoms with Crippen LogP contribution in [-0.2, 0) is 9.59 Å². The lowest BCUT2D eigenvalue weighted by Gasteiger charge is -2.19. The highest BCUT2D eigenvalue weighted by molar-refractivity contribution is 5.94. The van der Waals surface area contributed by atoms with Crippen LogP contribution >= 0.6 is 0 Å². The molecule has 6 nitrogen and oxygen atoms in total. The molecule has 0 saturated carbocycles. The maximum absolute atomic E-state index is 12.5. The molecule has 0 aliphatic heterocycles. The molecule has 0 aliphatic rings. The van der Waals surface area contributed by atoms with E-state index in [1.54, 1.807) is 13.2 Å². The molecule has 0 aliphatic carbocycles. The number of methoxy groups -OCH3 is 1. The lowest BCUT2D eigenvalue weighted by molar-refractivity contribution is -0.123. The van der Waals surface area contributed by atoms with E-state index in [0.29, 0.717) is 6.54 Å². The highest BCUT2D eigenvalue weighted by Gasteiger charge is 2.19. The number of hydrogen-bond acceptors (Lipinski definition) is 3. The van der Waals surface area contributed by atoms with E-state index in [4.69, 9.17) is 4.74 Å². The molecule has 2 amide bonds. The quantitative estimate of drug-likeness (QED) is 0.331. The van der Waals surface area contributed by atoms with E-state index < -0.39 is 0 Å². The summed E-state index contributed by atoms with van der Waals surface area (Å²) in [7, 11) is 1.63. The Hall–Kier alpha value is -4.32. The van der Waals surface area contributed by atoms with Gasteiger partial charge in [0.1, 0.15) is 5.75 Å². The minimum absolute atomic E-state index is 0.0697. The predicted molar refractivity (Wildman–Crippen MR) is 135 cm³/mol. The Morgan fingerprint density at radius 2 is 1.68 bits per heavy atom. The van der Waals surface area contributed by atoms with E-state index in [1.807, 2.05) is 79.0 Å². The van der Waals surface area contributed by atoms with Crippen molar-refractivity contribution in [1.29, 1.82) is 0 Å². The van der Waals surface area contributed by atoms with Crippen LogP contribution in [-0.4, -0.2) is 37.0 Å². The van der Waals surface area contributed by atoms with Crippen molar-refractivity contribution in [3.8, 4) is 5.75 Å². The number of benzene rings is 3. The summed E-state index contributed by atoms with van der Waals surface area (Å²) < 4.78 is 5.29. The van der Waals surface area contributed by atoms with Crippen molar-refractivity contribution in [3.05, 3.63) is 108 Å². The number of aromatic amines is 1. The molecule has 34 heavy (non-hydrogen) atoms. The first-order valence-corrected chi connectivity index (χ1v) is 11.1.